The van der Waals surface area contributed by atoms with Crippen LogP contribution in [0.2, 0.25) is 0 Å². The van der Waals surface area contributed by atoms with E-state index in [-0.39, 0.29) is 12.6 Å². The molecule has 0 spiro atoms. The monoisotopic (exact) mass is 261 g/mol. The summed E-state index contributed by atoms with van der Waals surface area (Å²) in [4.78, 5) is 1.22. The number of alkyl halides is 3. The van der Waals surface area contributed by atoms with E-state index in [2.05, 4.69) is 0 Å². The topological polar surface area (TPSA) is 23.5 Å². The minimum atomic E-state index is -4.25. The van der Waals surface area contributed by atoms with Gasteiger partial charge < -0.3 is 5.11 Å². The second-order valence-corrected chi connectivity index (χ2v) is 4.56. The Morgan fingerprint density at radius 3 is 2.17 bits per heavy atom. The number of halogens is 3. The molecule has 1 aromatic carbocycles. The van der Waals surface area contributed by atoms with Crippen LogP contribution in [0.3, 0.4) is 0 Å². The van der Waals surface area contributed by atoms with E-state index in [9.17, 15) is 18.3 Å². The minimum absolute atomic E-state index is 0.0266. The quantitative estimate of drug-likeness (QED) is 0.880. The Hall–Kier alpha value is -1.07. The van der Waals surface area contributed by atoms with Gasteiger partial charge in [0.2, 0.25) is 0 Å². The first-order valence-corrected chi connectivity index (χ1v) is 5.83. The molecular formula is C13H18F3NO. The normalized spacial score (nSPS) is 14.2. The molecule has 18 heavy (non-hydrogen) atoms. The predicted octanol–water partition coefficient (Wildman–Crippen LogP) is 2.99. The molecule has 1 aromatic rings. The van der Waals surface area contributed by atoms with Crippen LogP contribution in [-0.4, -0.2) is 35.3 Å². The fourth-order valence-corrected chi connectivity index (χ4v) is 1.69. The minimum Gasteiger partial charge on any atom is -0.387 e. The summed E-state index contributed by atoms with van der Waals surface area (Å²) in [6.07, 6.45) is -5.16. The molecule has 0 aromatic heterocycles. The molecule has 1 N–H and O–H groups in total. The van der Waals surface area contributed by atoms with Gasteiger partial charge >= 0.3 is 6.18 Å². The highest BCUT2D eigenvalue weighted by Gasteiger charge is 2.32. The van der Waals surface area contributed by atoms with Gasteiger partial charge in [-0.1, -0.05) is 30.3 Å². The molecule has 102 valence electrons. The standard InChI is InChI=1S/C13H18F3NO/c1-10(2)17(9-13(14,15)16)8-12(18)11-6-4-3-5-7-11/h3-7,10,12,18H,8-9H2,1-2H3. The van der Waals surface area contributed by atoms with Crippen molar-refractivity contribution in [2.75, 3.05) is 13.1 Å². The zero-order valence-corrected chi connectivity index (χ0v) is 10.5. The van der Waals surface area contributed by atoms with Gasteiger partial charge in [-0.2, -0.15) is 13.2 Å². The zero-order valence-electron chi connectivity index (χ0n) is 10.5. The molecular weight excluding hydrogens is 243 g/mol. The maximum Gasteiger partial charge on any atom is 0.401 e. The van der Waals surface area contributed by atoms with Crippen molar-refractivity contribution < 1.29 is 18.3 Å². The van der Waals surface area contributed by atoms with Crippen LogP contribution in [0, 0.1) is 0 Å². The first kappa shape index (κ1) is 15.0. The van der Waals surface area contributed by atoms with Gasteiger partial charge in [0.1, 0.15) is 0 Å². The number of nitrogens with zero attached hydrogens (tertiary/aromatic N) is 1. The maximum atomic E-state index is 12.4. The molecule has 0 saturated heterocycles. The van der Waals surface area contributed by atoms with Crippen molar-refractivity contribution in [3.8, 4) is 0 Å². The Morgan fingerprint density at radius 1 is 1.17 bits per heavy atom. The van der Waals surface area contributed by atoms with Crippen molar-refractivity contribution in [1.82, 2.24) is 4.90 Å². The molecule has 0 radical (unpaired) electrons. The van der Waals surface area contributed by atoms with Crippen molar-refractivity contribution in [2.45, 2.75) is 32.2 Å². The van der Waals surface area contributed by atoms with Gasteiger partial charge in [-0.05, 0) is 19.4 Å². The summed E-state index contributed by atoms with van der Waals surface area (Å²) in [5.41, 5.74) is 0.630. The molecule has 0 aliphatic rings. The van der Waals surface area contributed by atoms with E-state index in [0.29, 0.717) is 5.56 Å². The van der Waals surface area contributed by atoms with Crippen LogP contribution in [0.1, 0.15) is 25.5 Å². The van der Waals surface area contributed by atoms with Crippen LogP contribution in [0.5, 0.6) is 0 Å². The molecule has 0 aliphatic heterocycles. The Balaban J connectivity index is 2.67. The van der Waals surface area contributed by atoms with Crippen LogP contribution in [0.4, 0.5) is 13.2 Å². The Labute approximate surface area is 105 Å². The largest absolute Gasteiger partial charge is 0.401 e. The third kappa shape index (κ3) is 5.06. The zero-order chi connectivity index (χ0) is 13.8. The molecule has 0 saturated carbocycles. The fraction of sp³-hybridized carbons (Fsp3) is 0.538. The lowest BCUT2D eigenvalue weighted by atomic mass is 10.1. The van der Waals surface area contributed by atoms with Crippen molar-refractivity contribution in [1.29, 1.82) is 0 Å². The molecule has 0 heterocycles. The number of aliphatic hydroxyl groups excluding tert-OH is 1. The lowest BCUT2D eigenvalue weighted by Crippen LogP contribution is -2.41. The lowest BCUT2D eigenvalue weighted by molar-refractivity contribution is -0.152. The van der Waals surface area contributed by atoms with Gasteiger partial charge in [0.05, 0.1) is 12.6 Å². The summed E-state index contributed by atoms with van der Waals surface area (Å²) in [5.74, 6) is 0. The second kappa shape index (κ2) is 6.20. The van der Waals surface area contributed by atoms with E-state index in [0.717, 1.165) is 0 Å². The average molecular weight is 261 g/mol. The Bertz CT molecular complexity index is 351. The molecule has 5 heteroatoms. The molecule has 1 atom stereocenters. The number of hydrogen-bond acceptors (Lipinski definition) is 2. The summed E-state index contributed by atoms with van der Waals surface area (Å²) in [6.45, 7) is 2.34. The van der Waals surface area contributed by atoms with E-state index in [1.165, 1.54) is 4.90 Å². The summed E-state index contributed by atoms with van der Waals surface area (Å²) in [7, 11) is 0. The fourth-order valence-electron chi connectivity index (χ4n) is 1.69. The van der Waals surface area contributed by atoms with E-state index < -0.39 is 18.8 Å². The number of rotatable bonds is 5. The van der Waals surface area contributed by atoms with Crippen molar-refractivity contribution >= 4 is 0 Å². The predicted molar refractivity (Wildman–Crippen MR) is 64.2 cm³/mol. The summed E-state index contributed by atoms with van der Waals surface area (Å²) >= 11 is 0. The van der Waals surface area contributed by atoms with Gasteiger partial charge in [-0.3, -0.25) is 4.90 Å². The highest BCUT2D eigenvalue weighted by molar-refractivity contribution is 5.17. The second-order valence-electron chi connectivity index (χ2n) is 4.56. The van der Waals surface area contributed by atoms with E-state index >= 15 is 0 Å². The highest BCUT2D eigenvalue weighted by Crippen LogP contribution is 2.21. The SMILES string of the molecule is CC(C)N(CC(O)c1ccccc1)CC(F)(F)F. The van der Waals surface area contributed by atoms with E-state index in [4.69, 9.17) is 0 Å². The third-order valence-corrected chi connectivity index (χ3v) is 2.70. The Kier molecular flexibility index (Phi) is 5.16. The first-order chi connectivity index (χ1) is 8.29. The number of benzene rings is 1. The van der Waals surface area contributed by atoms with Gasteiger partial charge in [0.15, 0.2) is 0 Å². The van der Waals surface area contributed by atoms with Crippen LogP contribution in [-0.2, 0) is 0 Å². The smallest absolute Gasteiger partial charge is 0.387 e. The maximum absolute atomic E-state index is 12.4. The molecule has 0 bridgehead atoms. The summed E-state index contributed by atoms with van der Waals surface area (Å²) < 4.78 is 37.2. The molecule has 0 aliphatic carbocycles. The van der Waals surface area contributed by atoms with Gasteiger partial charge in [0, 0.05) is 12.6 Å². The molecule has 0 amide bonds. The van der Waals surface area contributed by atoms with Gasteiger partial charge in [-0.25, -0.2) is 0 Å². The van der Waals surface area contributed by atoms with E-state index in [1.807, 2.05) is 0 Å². The van der Waals surface area contributed by atoms with Crippen molar-refractivity contribution in [2.24, 2.45) is 0 Å². The molecule has 1 unspecified atom stereocenters. The van der Waals surface area contributed by atoms with Gasteiger partial charge in [-0.15, -0.1) is 0 Å². The molecule has 1 rings (SSSR count). The highest BCUT2D eigenvalue weighted by atomic mass is 19.4. The molecule has 0 fully saturated rings. The van der Waals surface area contributed by atoms with E-state index in [1.54, 1.807) is 44.2 Å². The molecule has 2 nitrogen and oxygen atoms in total. The third-order valence-electron chi connectivity index (χ3n) is 2.70. The summed E-state index contributed by atoms with van der Waals surface area (Å²) in [6, 6.07) is 8.44. The van der Waals surface area contributed by atoms with Crippen LogP contribution in [0.15, 0.2) is 30.3 Å². The lowest BCUT2D eigenvalue weighted by Gasteiger charge is -2.29. The van der Waals surface area contributed by atoms with Gasteiger partial charge in [0.25, 0.3) is 0 Å². The van der Waals surface area contributed by atoms with Crippen molar-refractivity contribution in [3.63, 3.8) is 0 Å². The Morgan fingerprint density at radius 2 is 1.72 bits per heavy atom. The van der Waals surface area contributed by atoms with Crippen molar-refractivity contribution in [3.05, 3.63) is 35.9 Å². The first-order valence-electron chi connectivity index (χ1n) is 5.83. The van der Waals surface area contributed by atoms with Crippen LogP contribution in [0.25, 0.3) is 0 Å². The van der Waals surface area contributed by atoms with Crippen LogP contribution >= 0.6 is 0 Å². The van der Waals surface area contributed by atoms with Crippen LogP contribution < -0.4 is 0 Å². The summed E-state index contributed by atoms with van der Waals surface area (Å²) in [5, 5.41) is 9.93. The number of aliphatic hydroxyl groups is 1. The number of hydrogen-bond donors (Lipinski definition) is 1. The average Bonchev–Trinajstić information content (AvgIpc) is 2.27.